The highest BCUT2D eigenvalue weighted by Crippen LogP contribution is 2.64. The van der Waals surface area contributed by atoms with E-state index in [2.05, 4.69) is 35.6 Å². The minimum absolute atomic E-state index is 0.0181. The SMILES string of the molecule is C[C@]12CC[C@@H]3c4ccc(O)cc4CC[C@@H]3[C@@H]1CC[C@@]2(O)/C=C\I. The predicted octanol–water partition coefficient (Wildman–Crippen LogP) is 4.93. The van der Waals surface area contributed by atoms with E-state index in [1.54, 1.807) is 0 Å². The summed E-state index contributed by atoms with van der Waals surface area (Å²) in [6.07, 6.45) is 8.61. The molecule has 1 aromatic rings. The molecule has 3 aliphatic carbocycles. The minimum Gasteiger partial charge on any atom is -0.508 e. The largest absolute Gasteiger partial charge is 0.508 e. The van der Waals surface area contributed by atoms with Gasteiger partial charge in [0.15, 0.2) is 0 Å². The Hall–Kier alpha value is -0.550. The molecular weight excluding hydrogens is 399 g/mol. The number of hydrogen-bond donors (Lipinski definition) is 2. The van der Waals surface area contributed by atoms with Crippen LogP contribution < -0.4 is 0 Å². The monoisotopic (exact) mass is 424 g/mol. The van der Waals surface area contributed by atoms with Crippen LogP contribution in [0.3, 0.4) is 0 Å². The van der Waals surface area contributed by atoms with Crippen molar-refractivity contribution in [2.45, 2.75) is 57.0 Å². The highest BCUT2D eigenvalue weighted by Gasteiger charge is 2.60. The van der Waals surface area contributed by atoms with Crippen molar-refractivity contribution in [2.75, 3.05) is 0 Å². The lowest BCUT2D eigenvalue weighted by molar-refractivity contribution is -0.0708. The number of aliphatic hydroxyl groups is 1. The van der Waals surface area contributed by atoms with Crippen molar-refractivity contribution in [2.24, 2.45) is 17.3 Å². The average Bonchev–Trinajstić information content (AvgIpc) is 2.79. The van der Waals surface area contributed by atoms with E-state index >= 15 is 0 Å². The summed E-state index contributed by atoms with van der Waals surface area (Å²) < 4.78 is 2.00. The molecule has 124 valence electrons. The number of benzene rings is 1. The van der Waals surface area contributed by atoms with Gasteiger partial charge in [-0.2, -0.15) is 0 Å². The molecule has 3 heteroatoms. The molecule has 0 saturated heterocycles. The molecule has 23 heavy (non-hydrogen) atoms. The van der Waals surface area contributed by atoms with E-state index in [1.807, 2.05) is 22.3 Å². The Morgan fingerprint density at radius 3 is 2.83 bits per heavy atom. The van der Waals surface area contributed by atoms with Crippen molar-refractivity contribution >= 4 is 22.6 Å². The zero-order valence-corrected chi connectivity index (χ0v) is 15.8. The van der Waals surface area contributed by atoms with E-state index in [-0.39, 0.29) is 5.41 Å². The van der Waals surface area contributed by atoms with Gasteiger partial charge in [-0.1, -0.05) is 35.6 Å². The van der Waals surface area contributed by atoms with E-state index in [0.717, 1.165) is 32.1 Å². The van der Waals surface area contributed by atoms with Crippen LogP contribution in [0.4, 0.5) is 0 Å². The van der Waals surface area contributed by atoms with Crippen LogP contribution in [0.25, 0.3) is 0 Å². The van der Waals surface area contributed by atoms with Crippen LogP contribution in [0, 0.1) is 17.3 Å². The number of aryl methyl sites for hydroxylation is 1. The van der Waals surface area contributed by atoms with Gasteiger partial charge in [-0.3, -0.25) is 0 Å². The fraction of sp³-hybridized carbons (Fsp3) is 0.600. The van der Waals surface area contributed by atoms with Crippen LogP contribution in [-0.4, -0.2) is 15.8 Å². The van der Waals surface area contributed by atoms with Crippen LogP contribution >= 0.6 is 22.6 Å². The fourth-order valence-corrected chi connectivity index (χ4v) is 6.59. The van der Waals surface area contributed by atoms with Crippen molar-refractivity contribution < 1.29 is 10.2 Å². The number of phenolic OH excluding ortho intramolecular Hbond substituents is 1. The van der Waals surface area contributed by atoms with Gasteiger partial charge in [-0.05, 0) is 89.7 Å². The summed E-state index contributed by atoms with van der Waals surface area (Å²) in [7, 11) is 0. The molecular formula is C20H25IO2. The van der Waals surface area contributed by atoms with Gasteiger partial charge in [-0.25, -0.2) is 0 Å². The first-order chi connectivity index (χ1) is 11.0. The number of aromatic hydroxyl groups is 1. The Bertz CT molecular complexity index is 655. The second-order valence-corrected chi connectivity index (χ2v) is 8.73. The molecule has 0 bridgehead atoms. The van der Waals surface area contributed by atoms with Gasteiger partial charge < -0.3 is 10.2 Å². The fourth-order valence-electron chi connectivity index (χ4n) is 6.00. The van der Waals surface area contributed by atoms with Gasteiger partial charge in [0.05, 0.1) is 5.60 Å². The molecule has 0 unspecified atom stereocenters. The molecule has 2 saturated carbocycles. The summed E-state index contributed by atoms with van der Waals surface area (Å²) in [6, 6.07) is 5.96. The van der Waals surface area contributed by atoms with E-state index in [0.29, 0.717) is 23.5 Å². The van der Waals surface area contributed by atoms with Crippen molar-refractivity contribution in [3.8, 4) is 5.75 Å². The third-order valence-corrected chi connectivity index (χ3v) is 7.62. The smallest absolute Gasteiger partial charge is 0.115 e. The first kappa shape index (κ1) is 15.9. The van der Waals surface area contributed by atoms with Crippen LogP contribution in [0.5, 0.6) is 5.75 Å². The second-order valence-electron chi connectivity index (χ2n) is 8.01. The topological polar surface area (TPSA) is 40.5 Å². The van der Waals surface area contributed by atoms with Gasteiger partial charge in [0, 0.05) is 5.41 Å². The summed E-state index contributed by atoms with van der Waals surface area (Å²) in [4.78, 5) is 0. The first-order valence-electron chi connectivity index (χ1n) is 8.80. The third kappa shape index (κ3) is 2.22. The van der Waals surface area contributed by atoms with Crippen LogP contribution in [0.1, 0.15) is 56.1 Å². The summed E-state index contributed by atoms with van der Waals surface area (Å²) in [6.45, 7) is 2.32. The van der Waals surface area contributed by atoms with Gasteiger partial charge in [0.25, 0.3) is 0 Å². The minimum atomic E-state index is -0.626. The van der Waals surface area contributed by atoms with Crippen LogP contribution in [0.2, 0.25) is 0 Å². The number of hydrogen-bond acceptors (Lipinski definition) is 2. The van der Waals surface area contributed by atoms with Gasteiger partial charge in [-0.15, -0.1) is 0 Å². The van der Waals surface area contributed by atoms with E-state index in [9.17, 15) is 10.2 Å². The Labute approximate surface area is 152 Å². The number of halogens is 1. The normalized spacial score (nSPS) is 42.3. The van der Waals surface area contributed by atoms with Crippen molar-refractivity contribution in [1.82, 2.24) is 0 Å². The third-order valence-electron chi connectivity index (χ3n) is 7.26. The van der Waals surface area contributed by atoms with E-state index < -0.39 is 5.60 Å². The standard InChI is InChI=1S/C20H25IO2/c1-19-8-6-16-15-5-3-14(22)12-13(15)2-4-17(16)18(19)7-9-20(19,23)10-11-21/h3,5,10-12,16-18,22-23H,2,4,6-9H2,1H3/b11-10-/t16-,17+,18+,19+,20-/m1/s1. The summed E-state index contributed by atoms with van der Waals surface area (Å²) >= 11 is 2.23. The zero-order valence-electron chi connectivity index (χ0n) is 13.6. The molecule has 0 heterocycles. The highest BCUT2D eigenvalue weighted by atomic mass is 127. The average molecular weight is 424 g/mol. The van der Waals surface area contributed by atoms with Crippen molar-refractivity contribution in [3.63, 3.8) is 0 Å². The summed E-state index contributed by atoms with van der Waals surface area (Å²) in [5, 5.41) is 21.0. The molecule has 0 radical (unpaired) electrons. The number of fused-ring (bicyclic) bond motifs is 5. The number of phenols is 1. The highest BCUT2D eigenvalue weighted by molar-refractivity contribution is 14.1. The van der Waals surface area contributed by atoms with E-state index in [1.165, 1.54) is 17.5 Å². The lowest BCUT2D eigenvalue weighted by atomic mass is 9.53. The summed E-state index contributed by atoms with van der Waals surface area (Å²) in [5.74, 6) is 2.30. The molecule has 0 aliphatic heterocycles. The van der Waals surface area contributed by atoms with Crippen molar-refractivity contribution in [3.05, 3.63) is 39.5 Å². The first-order valence-corrected chi connectivity index (χ1v) is 10.1. The maximum Gasteiger partial charge on any atom is 0.115 e. The maximum absolute atomic E-state index is 11.2. The number of rotatable bonds is 1. The maximum atomic E-state index is 11.2. The molecule has 2 nitrogen and oxygen atoms in total. The molecule has 0 amide bonds. The molecule has 5 atom stereocenters. The molecule has 1 aromatic carbocycles. The lowest BCUT2D eigenvalue weighted by Gasteiger charge is -2.52. The van der Waals surface area contributed by atoms with Gasteiger partial charge >= 0.3 is 0 Å². The van der Waals surface area contributed by atoms with Crippen molar-refractivity contribution in [1.29, 1.82) is 0 Å². The molecule has 0 spiro atoms. The molecule has 0 aromatic heterocycles. The molecule has 2 N–H and O–H groups in total. The summed E-state index contributed by atoms with van der Waals surface area (Å²) in [5.41, 5.74) is 2.19. The van der Waals surface area contributed by atoms with Crippen LogP contribution in [0.15, 0.2) is 28.4 Å². The van der Waals surface area contributed by atoms with Gasteiger partial charge in [0.1, 0.15) is 5.75 Å². The van der Waals surface area contributed by atoms with E-state index in [4.69, 9.17) is 0 Å². The quantitative estimate of drug-likeness (QED) is 0.628. The molecule has 2 fully saturated rings. The Kier molecular flexibility index (Phi) is 3.80. The molecule has 4 rings (SSSR count). The van der Waals surface area contributed by atoms with Gasteiger partial charge in [0.2, 0.25) is 0 Å². The predicted molar refractivity (Wildman–Crippen MR) is 101 cm³/mol. The van der Waals surface area contributed by atoms with Crippen LogP contribution in [-0.2, 0) is 6.42 Å². The Balaban J connectivity index is 1.70. The molecule has 3 aliphatic rings. The lowest BCUT2D eigenvalue weighted by Crippen LogP contribution is -2.49. The second kappa shape index (κ2) is 5.48. The Morgan fingerprint density at radius 1 is 1.22 bits per heavy atom. The zero-order chi connectivity index (χ0) is 16.2. The Morgan fingerprint density at radius 2 is 2.04 bits per heavy atom.